The van der Waals surface area contributed by atoms with E-state index >= 15 is 0 Å². The average Bonchev–Trinajstić information content (AvgIpc) is 3.32. The number of rotatable bonds is 3. The lowest BCUT2D eigenvalue weighted by Gasteiger charge is -2.16. The van der Waals surface area contributed by atoms with Gasteiger partial charge in [0.25, 0.3) is 5.91 Å². The van der Waals surface area contributed by atoms with Gasteiger partial charge >= 0.3 is 5.69 Å². The maximum Gasteiger partial charge on any atom is 0.326 e. The summed E-state index contributed by atoms with van der Waals surface area (Å²) < 4.78 is 8.72. The molecule has 4 rings (SSSR count). The Kier molecular flexibility index (Phi) is 3.87. The normalized spacial score (nSPS) is 20.2. The number of aromatic nitrogens is 5. The largest absolute Gasteiger partial charge is 0.379 e. The number of nitrogens with zero attached hydrogens (tertiary/aromatic N) is 5. The fraction of sp³-hybridized carbons (Fsp3) is 0.412. The number of carbonyl (C=O) groups excluding carboxylic acids is 1. The molecule has 9 heteroatoms. The van der Waals surface area contributed by atoms with Crippen LogP contribution in [0.2, 0.25) is 0 Å². The van der Waals surface area contributed by atoms with Gasteiger partial charge < -0.3 is 14.6 Å². The van der Waals surface area contributed by atoms with Crippen LogP contribution < -0.4 is 5.69 Å². The molecule has 2 aromatic heterocycles. The zero-order valence-electron chi connectivity index (χ0n) is 14.8. The molecule has 3 aromatic rings. The third-order valence-electron chi connectivity index (χ3n) is 5.01. The van der Waals surface area contributed by atoms with E-state index in [0.717, 1.165) is 5.69 Å². The molecule has 26 heavy (non-hydrogen) atoms. The molecular weight excluding hydrogens is 336 g/mol. The molecule has 0 bridgehead atoms. The van der Waals surface area contributed by atoms with Crippen LogP contribution >= 0.6 is 0 Å². The molecule has 1 aliphatic rings. The van der Waals surface area contributed by atoms with E-state index in [1.807, 2.05) is 13.2 Å². The molecule has 3 heterocycles. The summed E-state index contributed by atoms with van der Waals surface area (Å²) in [5, 5.41) is 8.15. The summed E-state index contributed by atoms with van der Waals surface area (Å²) in [7, 11) is 5.13. The summed E-state index contributed by atoms with van der Waals surface area (Å²) in [4.78, 5) is 29.2. The van der Waals surface area contributed by atoms with Gasteiger partial charge in [0.1, 0.15) is 0 Å². The second-order valence-electron chi connectivity index (χ2n) is 6.63. The van der Waals surface area contributed by atoms with Crippen molar-refractivity contribution in [3.05, 3.63) is 46.1 Å². The predicted octanol–water partition coefficient (Wildman–Crippen LogP) is 0.250. The minimum Gasteiger partial charge on any atom is -0.379 e. The van der Waals surface area contributed by atoms with Gasteiger partial charge in [0.05, 0.1) is 28.7 Å². The Labute approximate surface area is 149 Å². The molecule has 1 amide bonds. The molecule has 1 fully saturated rings. The SMILES string of the molecule is CO[C@@H]1CN(C(=O)c2ccc3[nH]c(=O)n(C)c3c2)C[C@H]1c1cn(C)nn1. The summed E-state index contributed by atoms with van der Waals surface area (Å²) in [5.74, 6) is -0.105. The molecule has 2 atom stereocenters. The maximum absolute atomic E-state index is 13.0. The van der Waals surface area contributed by atoms with Crippen molar-refractivity contribution >= 4 is 16.9 Å². The number of nitrogens with one attached hydrogen (secondary N) is 1. The number of benzene rings is 1. The monoisotopic (exact) mass is 356 g/mol. The number of ether oxygens (including phenoxy) is 1. The first-order valence-corrected chi connectivity index (χ1v) is 8.35. The van der Waals surface area contributed by atoms with Crippen LogP contribution in [0, 0.1) is 0 Å². The lowest BCUT2D eigenvalue weighted by Crippen LogP contribution is -2.29. The van der Waals surface area contributed by atoms with Gasteiger partial charge in [-0.3, -0.25) is 14.0 Å². The molecule has 1 saturated heterocycles. The number of likely N-dealkylation sites (tertiary alicyclic amines) is 1. The fourth-order valence-electron chi connectivity index (χ4n) is 3.54. The summed E-state index contributed by atoms with van der Waals surface area (Å²) >= 11 is 0. The molecule has 0 aliphatic carbocycles. The van der Waals surface area contributed by atoms with Gasteiger partial charge in [-0.2, -0.15) is 0 Å². The molecule has 0 radical (unpaired) electrons. The van der Waals surface area contributed by atoms with Crippen LogP contribution in [0.5, 0.6) is 0 Å². The molecule has 0 unspecified atom stereocenters. The Morgan fingerprint density at radius 3 is 2.81 bits per heavy atom. The van der Waals surface area contributed by atoms with E-state index in [2.05, 4.69) is 15.3 Å². The number of H-pyrrole nitrogens is 1. The number of fused-ring (bicyclic) bond motifs is 1. The molecule has 0 spiro atoms. The predicted molar refractivity (Wildman–Crippen MR) is 94.0 cm³/mol. The highest BCUT2D eigenvalue weighted by atomic mass is 16.5. The van der Waals surface area contributed by atoms with Crippen LogP contribution in [-0.2, 0) is 18.8 Å². The van der Waals surface area contributed by atoms with Crippen LogP contribution in [0.3, 0.4) is 0 Å². The van der Waals surface area contributed by atoms with Crippen LogP contribution in [0.1, 0.15) is 22.0 Å². The highest BCUT2D eigenvalue weighted by Gasteiger charge is 2.38. The first kappa shape index (κ1) is 16.5. The first-order chi connectivity index (χ1) is 12.5. The van der Waals surface area contributed by atoms with Gasteiger partial charge in [-0.15, -0.1) is 5.10 Å². The summed E-state index contributed by atoms with van der Waals surface area (Å²) in [5.41, 5.74) is 2.57. The number of carbonyl (C=O) groups is 1. The van der Waals surface area contributed by atoms with Crippen molar-refractivity contribution < 1.29 is 9.53 Å². The van der Waals surface area contributed by atoms with Gasteiger partial charge in [0, 0.05) is 46.1 Å². The van der Waals surface area contributed by atoms with E-state index in [1.54, 1.807) is 41.9 Å². The molecular formula is C17H20N6O3. The molecule has 1 aromatic carbocycles. The summed E-state index contributed by atoms with van der Waals surface area (Å²) in [6.07, 6.45) is 1.72. The zero-order valence-corrected chi connectivity index (χ0v) is 14.8. The number of hydrogen-bond acceptors (Lipinski definition) is 5. The lowest BCUT2D eigenvalue weighted by atomic mass is 10.0. The van der Waals surface area contributed by atoms with Crippen LogP contribution in [-0.4, -0.2) is 61.7 Å². The lowest BCUT2D eigenvalue weighted by molar-refractivity contribution is 0.0714. The maximum atomic E-state index is 13.0. The Morgan fingerprint density at radius 2 is 2.12 bits per heavy atom. The van der Waals surface area contributed by atoms with Crippen molar-refractivity contribution in [2.24, 2.45) is 14.1 Å². The smallest absolute Gasteiger partial charge is 0.326 e. The topological polar surface area (TPSA) is 98.0 Å². The molecule has 9 nitrogen and oxygen atoms in total. The van der Waals surface area contributed by atoms with Gasteiger partial charge in [0.2, 0.25) is 0 Å². The minimum absolute atomic E-state index is 0.0157. The number of hydrogen-bond donors (Lipinski definition) is 1. The van der Waals surface area contributed by atoms with E-state index in [-0.39, 0.29) is 23.6 Å². The number of aryl methyl sites for hydroxylation is 2. The van der Waals surface area contributed by atoms with Gasteiger partial charge in [-0.05, 0) is 18.2 Å². The Morgan fingerprint density at radius 1 is 1.31 bits per heavy atom. The Balaban J connectivity index is 1.62. The summed E-state index contributed by atoms with van der Waals surface area (Å²) in [6.45, 7) is 1.00. The van der Waals surface area contributed by atoms with Crippen LogP contribution in [0.15, 0.2) is 29.2 Å². The quantitative estimate of drug-likeness (QED) is 0.725. The third-order valence-corrected chi connectivity index (χ3v) is 5.01. The van der Waals surface area contributed by atoms with Crippen LogP contribution in [0.25, 0.3) is 11.0 Å². The van der Waals surface area contributed by atoms with Crippen molar-refractivity contribution in [3.8, 4) is 0 Å². The molecule has 1 N–H and O–H groups in total. The van der Waals surface area contributed by atoms with E-state index in [9.17, 15) is 9.59 Å². The van der Waals surface area contributed by atoms with Gasteiger partial charge in [-0.1, -0.05) is 5.21 Å². The average molecular weight is 356 g/mol. The highest BCUT2D eigenvalue weighted by molar-refractivity contribution is 5.97. The summed E-state index contributed by atoms with van der Waals surface area (Å²) in [6, 6.07) is 5.24. The third kappa shape index (κ3) is 2.60. The van der Waals surface area contributed by atoms with Crippen molar-refractivity contribution in [2.45, 2.75) is 12.0 Å². The standard InChI is InChI=1S/C17H20N6O3/c1-21-8-13(19-20-21)11-7-23(9-15(11)26-3)16(24)10-4-5-12-14(6-10)22(2)17(25)18-12/h4-6,8,11,15H,7,9H2,1-3H3,(H,18,25)/t11-,15+/m0/s1. The van der Waals surface area contributed by atoms with E-state index in [4.69, 9.17) is 4.74 Å². The Bertz CT molecular complexity index is 1030. The number of imidazole rings is 1. The highest BCUT2D eigenvalue weighted by Crippen LogP contribution is 2.29. The molecule has 0 saturated carbocycles. The number of aromatic amines is 1. The molecule has 1 aliphatic heterocycles. The van der Waals surface area contributed by atoms with E-state index in [0.29, 0.717) is 29.7 Å². The van der Waals surface area contributed by atoms with Gasteiger partial charge in [-0.25, -0.2) is 4.79 Å². The van der Waals surface area contributed by atoms with E-state index < -0.39 is 0 Å². The minimum atomic E-state index is -0.201. The second kappa shape index (κ2) is 6.10. The Hall–Kier alpha value is -2.94. The van der Waals surface area contributed by atoms with E-state index in [1.165, 1.54) is 4.57 Å². The molecule has 136 valence electrons. The number of methoxy groups -OCH3 is 1. The fourth-order valence-corrected chi connectivity index (χ4v) is 3.54. The first-order valence-electron chi connectivity index (χ1n) is 8.35. The second-order valence-corrected chi connectivity index (χ2v) is 6.63. The van der Waals surface area contributed by atoms with Crippen molar-refractivity contribution in [3.63, 3.8) is 0 Å². The van der Waals surface area contributed by atoms with Crippen molar-refractivity contribution in [1.82, 2.24) is 29.4 Å². The van der Waals surface area contributed by atoms with Crippen molar-refractivity contribution in [1.29, 1.82) is 0 Å². The van der Waals surface area contributed by atoms with Gasteiger partial charge in [0.15, 0.2) is 0 Å². The number of amides is 1. The zero-order chi connectivity index (χ0) is 18.4. The van der Waals surface area contributed by atoms with Crippen molar-refractivity contribution in [2.75, 3.05) is 20.2 Å². The van der Waals surface area contributed by atoms with Crippen LogP contribution in [0.4, 0.5) is 0 Å².